The van der Waals surface area contributed by atoms with Crippen LogP contribution in [0.5, 0.6) is 5.75 Å². The zero-order chi connectivity index (χ0) is 28.0. The molecule has 2 fully saturated rings. The Labute approximate surface area is 233 Å². The number of carbonyl (C=O) groups is 3. The number of pyridine rings is 1. The second kappa shape index (κ2) is 10.3. The third-order valence-electron chi connectivity index (χ3n) is 8.31. The molecule has 0 radical (unpaired) electrons. The molecule has 0 aliphatic carbocycles. The minimum absolute atomic E-state index is 0.0577. The lowest BCUT2D eigenvalue weighted by atomic mass is 10.0. The quantitative estimate of drug-likeness (QED) is 0.456. The smallest absolute Gasteiger partial charge is 0.255 e. The Morgan fingerprint density at radius 2 is 1.90 bits per heavy atom. The Morgan fingerprint density at radius 3 is 2.70 bits per heavy atom. The van der Waals surface area contributed by atoms with Gasteiger partial charge in [0.25, 0.3) is 5.91 Å². The van der Waals surface area contributed by atoms with E-state index >= 15 is 0 Å². The second-order valence-electron chi connectivity index (χ2n) is 11.4. The van der Waals surface area contributed by atoms with Crippen molar-refractivity contribution in [3.63, 3.8) is 0 Å². The summed E-state index contributed by atoms with van der Waals surface area (Å²) in [6.07, 6.45) is 1.57. The Bertz CT molecular complexity index is 1500. The van der Waals surface area contributed by atoms with Crippen LogP contribution in [0, 0.1) is 0 Å². The fourth-order valence-electron chi connectivity index (χ4n) is 5.82. The lowest BCUT2D eigenvalue weighted by Gasteiger charge is -2.29. The Hall–Kier alpha value is -3.82. The number of ether oxygens (including phenoxy) is 2. The molecule has 0 spiro atoms. The molecule has 2 atom stereocenters. The van der Waals surface area contributed by atoms with E-state index < -0.39 is 17.6 Å². The van der Waals surface area contributed by atoms with E-state index in [0.717, 1.165) is 54.0 Å². The molecule has 208 valence electrons. The van der Waals surface area contributed by atoms with Crippen LogP contribution in [0.15, 0.2) is 48.5 Å². The number of carbonyl (C=O) groups excluding carboxylic acids is 3. The number of aromatic nitrogens is 1. The average molecular weight is 543 g/mol. The van der Waals surface area contributed by atoms with Gasteiger partial charge in [-0.05, 0) is 74.2 Å². The van der Waals surface area contributed by atoms with Gasteiger partial charge in [0, 0.05) is 50.7 Å². The van der Waals surface area contributed by atoms with Crippen LogP contribution in [0.2, 0.25) is 0 Å². The standard InChI is InChI=1S/C31H34N4O5/c1-31(2,39-3)27-10-5-20-14-19(4-8-25(20)32-27)16-34-13-12-23(18-34)40-22-6-7-24-21(15-22)17-35(30(24)38)26-9-11-28(36)33-29(26)37/h4-8,10,14-15,23,26H,9,11-13,16-18H2,1-3H3,(H,33,36,37)/t23-,26?/m0/s1. The molecule has 4 heterocycles. The van der Waals surface area contributed by atoms with Gasteiger partial charge < -0.3 is 14.4 Å². The van der Waals surface area contributed by atoms with Gasteiger partial charge in [0.2, 0.25) is 11.8 Å². The van der Waals surface area contributed by atoms with E-state index in [1.165, 1.54) is 5.56 Å². The maximum absolute atomic E-state index is 13.0. The Balaban J connectivity index is 1.07. The molecule has 1 N–H and O–H groups in total. The van der Waals surface area contributed by atoms with Crippen molar-refractivity contribution in [1.29, 1.82) is 0 Å². The summed E-state index contributed by atoms with van der Waals surface area (Å²) in [6, 6.07) is 15.5. The Kier molecular flexibility index (Phi) is 6.80. The molecule has 0 saturated carbocycles. The predicted octanol–water partition coefficient (Wildman–Crippen LogP) is 3.53. The molecular weight excluding hydrogens is 508 g/mol. The Morgan fingerprint density at radius 1 is 1.05 bits per heavy atom. The first-order valence-electron chi connectivity index (χ1n) is 13.8. The first kappa shape index (κ1) is 26.4. The van der Waals surface area contributed by atoms with E-state index in [-0.39, 0.29) is 24.3 Å². The van der Waals surface area contributed by atoms with Crippen molar-refractivity contribution in [2.75, 3.05) is 20.2 Å². The van der Waals surface area contributed by atoms with Gasteiger partial charge in [-0.25, -0.2) is 4.98 Å². The van der Waals surface area contributed by atoms with Crippen molar-refractivity contribution in [1.82, 2.24) is 20.1 Å². The summed E-state index contributed by atoms with van der Waals surface area (Å²) in [7, 11) is 1.70. The number of likely N-dealkylation sites (tertiary alicyclic amines) is 1. The lowest BCUT2D eigenvalue weighted by Crippen LogP contribution is -2.52. The fraction of sp³-hybridized carbons (Fsp3) is 0.419. The van der Waals surface area contributed by atoms with Crippen LogP contribution in [0.4, 0.5) is 0 Å². The molecular formula is C31H34N4O5. The lowest BCUT2D eigenvalue weighted by molar-refractivity contribution is -0.136. The maximum atomic E-state index is 13.0. The summed E-state index contributed by atoms with van der Waals surface area (Å²) in [5.41, 5.74) is 4.12. The SMILES string of the molecule is COC(C)(C)c1ccc2cc(CN3CC[C@H](Oc4ccc5c(c4)CN(C4CCC(=O)NC4=O)C5=O)C3)ccc2n1. The molecule has 1 aromatic heterocycles. The highest BCUT2D eigenvalue weighted by molar-refractivity contribution is 6.05. The van der Waals surface area contributed by atoms with Crippen molar-refractivity contribution >= 4 is 28.6 Å². The maximum Gasteiger partial charge on any atom is 0.255 e. The number of fused-ring (bicyclic) bond motifs is 2. The van der Waals surface area contributed by atoms with Gasteiger partial charge in [-0.1, -0.05) is 12.1 Å². The van der Waals surface area contributed by atoms with Gasteiger partial charge in [-0.15, -0.1) is 0 Å². The number of methoxy groups -OCH3 is 1. The van der Waals surface area contributed by atoms with Crippen molar-refractivity contribution in [2.24, 2.45) is 0 Å². The summed E-state index contributed by atoms with van der Waals surface area (Å²) in [5, 5.41) is 3.45. The number of benzene rings is 2. The van der Waals surface area contributed by atoms with Crippen LogP contribution in [-0.2, 0) is 33.0 Å². The topological polar surface area (TPSA) is 101 Å². The van der Waals surface area contributed by atoms with E-state index in [4.69, 9.17) is 14.5 Å². The number of imide groups is 1. The molecule has 3 amide bonds. The van der Waals surface area contributed by atoms with Crippen molar-refractivity contribution in [2.45, 2.75) is 63.9 Å². The van der Waals surface area contributed by atoms with Crippen molar-refractivity contribution in [3.05, 3.63) is 70.9 Å². The van der Waals surface area contributed by atoms with Gasteiger partial charge in [0.05, 0.1) is 11.2 Å². The number of nitrogens with zero attached hydrogens (tertiary/aromatic N) is 3. The van der Waals surface area contributed by atoms with Gasteiger partial charge >= 0.3 is 0 Å². The van der Waals surface area contributed by atoms with Gasteiger partial charge in [0.15, 0.2) is 0 Å². The summed E-state index contributed by atoms with van der Waals surface area (Å²) >= 11 is 0. The largest absolute Gasteiger partial charge is 0.489 e. The predicted molar refractivity (Wildman–Crippen MR) is 149 cm³/mol. The minimum Gasteiger partial charge on any atom is -0.489 e. The third kappa shape index (κ3) is 5.07. The van der Waals surface area contributed by atoms with E-state index in [0.29, 0.717) is 18.5 Å². The number of hydrogen-bond donors (Lipinski definition) is 1. The number of piperidine rings is 1. The average Bonchev–Trinajstić information content (AvgIpc) is 3.51. The van der Waals surface area contributed by atoms with E-state index in [1.54, 1.807) is 18.1 Å². The highest BCUT2D eigenvalue weighted by Crippen LogP contribution is 2.31. The minimum atomic E-state index is -0.615. The van der Waals surface area contributed by atoms with Crippen LogP contribution in [0.1, 0.15) is 60.3 Å². The number of hydrogen-bond acceptors (Lipinski definition) is 7. The molecule has 3 aromatic rings. The molecule has 6 rings (SSSR count). The summed E-state index contributed by atoms with van der Waals surface area (Å²) in [6.45, 7) is 6.96. The van der Waals surface area contributed by atoms with E-state index in [9.17, 15) is 14.4 Å². The van der Waals surface area contributed by atoms with Crippen molar-refractivity contribution in [3.8, 4) is 5.75 Å². The monoisotopic (exact) mass is 542 g/mol. The number of rotatable bonds is 7. The van der Waals surface area contributed by atoms with Gasteiger partial charge in [0.1, 0.15) is 23.5 Å². The van der Waals surface area contributed by atoms with Crippen molar-refractivity contribution < 1.29 is 23.9 Å². The zero-order valence-electron chi connectivity index (χ0n) is 23.1. The molecule has 3 aliphatic heterocycles. The van der Waals surface area contributed by atoms with Gasteiger partial charge in [-0.2, -0.15) is 0 Å². The first-order chi connectivity index (χ1) is 19.2. The molecule has 9 nitrogen and oxygen atoms in total. The van der Waals surface area contributed by atoms with Crippen LogP contribution in [0.25, 0.3) is 10.9 Å². The molecule has 2 saturated heterocycles. The molecule has 1 unspecified atom stereocenters. The zero-order valence-corrected chi connectivity index (χ0v) is 23.1. The molecule has 40 heavy (non-hydrogen) atoms. The third-order valence-corrected chi connectivity index (χ3v) is 8.31. The summed E-state index contributed by atoms with van der Waals surface area (Å²) in [4.78, 5) is 45.5. The van der Waals surface area contributed by atoms with Crippen LogP contribution >= 0.6 is 0 Å². The van der Waals surface area contributed by atoms with Crippen LogP contribution in [0.3, 0.4) is 0 Å². The van der Waals surface area contributed by atoms with Crippen LogP contribution < -0.4 is 10.1 Å². The summed E-state index contributed by atoms with van der Waals surface area (Å²) in [5.74, 6) is -0.130. The highest BCUT2D eigenvalue weighted by Gasteiger charge is 2.39. The van der Waals surface area contributed by atoms with E-state index in [2.05, 4.69) is 34.5 Å². The highest BCUT2D eigenvalue weighted by atomic mass is 16.5. The summed E-state index contributed by atoms with van der Waals surface area (Å²) < 4.78 is 11.9. The molecule has 0 bridgehead atoms. The fourth-order valence-corrected chi connectivity index (χ4v) is 5.82. The molecule has 2 aromatic carbocycles. The number of amides is 3. The van der Waals surface area contributed by atoms with Gasteiger partial charge in [-0.3, -0.25) is 24.6 Å². The molecule has 3 aliphatic rings. The first-order valence-corrected chi connectivity index (χ1v) is 13.8. The van der Waals surface area contributed by atoms with Crippen LogP contribution in [-0.4, -0.2) is 64.9 Å². The normalized spacial score (nSPS) is 21.7. The number of nitrogens with one attached hydrogen (secondary N) is 1. The van der Waals surface area contributed by atoms with E-state index in [1.807, 2.05) is 32.0 Å². The second-order valence-corrected chi connectivity index (χ2v) is 11.4. The molecule has 9 heteroatoms.